The van der Waals surface area contributed by atoms with Gasteiger partial charge in [-0.3, -0.25) is 4.79 Å². The second-order valence-electron chi connectivity index (χ2n) is 4.13. The molecule has 0 saturated carbocycles. The van der Waals surface area contributed by atoms with E-state index in [1.807, 2.05) is 0 Å². The van der Waals surface area contributed by atoms with Crippen LogP contribution >= 0.6 is 11.6 Å². The molecule has 0 atom stereocenters. The van der Waals surface area contributed by atoms with Crippen LogP contribution in [0.5, 0.6) is 5.75 Å². The van der Waals surface area contributed by atoms with Gasteiger partial charge < -0.3 is 4.74 Å². The molecule has 0 spiro atoms. The van der Waals surface area contributed by atoms with E-state index in [-0.39, 0.29) is 28.3 Å². The Morgan fingerprint density at radius 2 is 1.85 bits per heavy atom. The molecule has 104 valence electrons. The molecular formula is C15H11ClF2O2. The smallest absolute Gasteiger partial charge is 0.175 e. The van der Waals surface area contributed by atoms with Gasteiger partial charge in [0.25, 0.3) is 0 Å². The van der Waals surface area contributed by atoms with Gasteiger partial charge in [0.2, 0.25) is 0 Å². The normalized spacial score (nSPS) is 10.4. The lowest BCUT2D eigenvalue weighted by Crippen LogP contribution is -2.08. The number of hydrogen-bond acceptors (Lipinski definition) is 2. The van der Waals surface area contributed by atoms with Crippen LogP contribution in [-0.4, -0.2) is 12.9 Å². The topological polar surface area (TPSA) is 26.3 Å². The van der Waals surface area contributed by atoms with Crippen LogP contribution in [0.25, 0.3) is 0 Å². The van der Waals surface area contributed by atoms with Gasteiger partial charge in [0.05, 0.1) is 17.7 Å². The monoisotopic (exact) mass is 296 g/mol. The molecule has 0 bridgehead atoms. The number of Topliss-reactive ketones (excluding diaryl/α,β-unsaturated/α-hetero) is 1. The van der Waals surface area contributed by atoms with E-state index in [2.05, 4.69) is 0 Å². The molecule has 0 unspecified atom stereocenters. The third kappa shape index (κ3) is 2.80. The number of hydrogen-bond donors (Lipinski definition) is 0. The minimum Gasteiger partial charge on any atom is -0.494 e. The second-order valence-corrected chi connectivity index (χ2v) is 4.54. The Kier molecular flexibility index (Phi) is 4.35. The first-order valence-corrected chi connectivity index (χ1v) is 6.21. The van der Waals surface area contributed by atoms with Crippen LogP contribution in [-0.2, 0) is 6.42 Å². The lowest BCUT2D eigenvalue weighted by molar-refractivity contribution is 0.0987. The second kappa shape index (κ2) is 6.01. The van der Waals surface area contributed by atoms with Crippen LogP contribution in [0.2, 0.25) is 5.02 Å². The fourth-order valence-electron chi connectivity index (χ4n) is 1.84. The zero-order valence-corrected chi connectivity index (χ0v) is 11.4. The molecule has 0 saturated heterocycles. The van der Waals surface area contributed by atoms with E-state index in [4.69, 9.17) is 16.3 Å². The zero-order chi connectivity index (χ0) is 14.7. The van der Waals surface area contributed by atoms with Crippen LogP contribution in [0.3, 0.4) is 0 Å². The van der Waals surface area contributed by atoms with Crippen molar-refractivity contribution in [1.82, 2.24) is 0 Å². The average Bonchev–Trinajstić information content (AvgIpc) is 2.44. The highest BCUT2D eigenvalue weighted by molar-refractivity contribution is 6.30. The lowest BCUT2D eigenvalue weighted by atomic mass is 10.0. The predicted molar refractivity (Wildman–Crippen MR) is 72.4 cm³/mol. The number of ether oxygens (including phenoxy) is 1. The van der Waals surface area contributed by atoms with Gasteiger partial charge in [0.1, 0.15) is 5.82 Å². The van der Waals surface area contributed by atoms with Crippen molar-refractivity contribution in [3.63, 3.8) is 0 Å². The molecule has 0 aromatic heterocycles. The molecule has 20 heavy (non-hydrogen) atoms. The van der Waals surface area contributed by atoms with E-state index >= 15 is 0 Å². The summed E-state index contributed by atoms with van der Waals surface area (Å²) in [7, 11) is 1.31. The number of methoxy groups -OCH3 is 1. The van der Waals surface area contributed by atoms with E-state index in [9.17, 15) is 13.6 Å². The van der Waals surface area contributed by atoms with E-state index in [1.54, 1.807) is 0 Å². The molecule has 0 amide bonds. The van der Waals surface area contributed by atoms with Crippen LogP contribution < -0.4 is 4.74 Å². The summed E-state index contributed by atoms with van der Waals surface area (Å²) in [6.45, 7) is 0. The van der Waals surface area contributed by atoms with Crippen LogP contribution in [0.1, 0.15) is 15.9 Å². The summed E-state index contributed by atoms with van der Waals surface area (Å²) >= 11 is 5.64. The number of carbonyl (C=O) groups is 1. The standard InChI is InChI=1S/C15H11ClF2O2/c1-20-13-7-3-5-10(15(13)18)12(19)8-9-4-2-6-11(16)14(9)17/h2-7H,8H2,1H3. The maximum Gasteiger partial charge on any atom is 0.175 e. The van der Waals surface area contributed by atoms with Crippen molar-refractivity contribution in [3.05, 3.63) is 64.2 Å². The maximum atomic E-state index is 13.9. The number of rotatable bonds is 4. The van der Waals surface area contributed by atoms with Gasteiger partial charge in [-0.05, 0) is 23.8 Å². The minimum atomic E-state index is -0.748. The van der Waals surface area contributed by atoms with Crippen molar-refractivity contribution >= 4 is 17.4 Å². The molecule has 0 aliphatic carbocycles. The van der Waals surface area contributed by atoms with Crippen molar-refractivity contribution < 1.29 is 18.3 Å². The fourth-order valence-corrected chi connectivity index (χ4v) is 2.03. The van der Waals surface area contributed by atoms with Gasteiger partial charge in [-0.1, -0.05) is 29.8 Å². The highest BCUT2D eigenvalue weighted by atomic mass is 35.5. The van der Waals surface area contributed by atoms with Crippen molar-refractivity contribution in [1.29, 1.82) is 0 Å². The van der Waals surface area contributed by atoms with E-state index < -0.39 is 17.4 Å². The summed E-state index contributed by atoms with van der Waals surface area (Å²) < 4.78 is 32.5. The molecule has 5 heteroatoms. The Morgan fingerprint density at radius 1 is 1.15 bits per heavy atom. The molecule has 2 aromatic carbocycles. The Labute approximate surface area is 119 Å². The van der Waals surface area contributed by atoms with Gasteiger partial charge in [0.15, 0.2) is 17.3 Å². The molecular weight excluding hydrogens is 286 g/mol. The molecule has 0 aliphatic rings. The molecule has 0 heterocycles. The number of carbonyl (C=O) groups excluding carboxylic acids is 1. The van der Waals surface area contributed by atoms with Gasteiger partial charge >= 0.3 is 0 Å². The van der Waals surface area contributed by atoms with Gasteiger partial charge in [0, 0.05) is 6.42 Å². The molecule has 2 nitrogen and oxygen atoms in total. The van der Waals surface area contributed by atoms with E-state index in [0.29, 0.717) is 0 Å². The average molecular weight is 297 g/mol. The largest absolute Gasteiger partial charge is 0.494 e. The lowest BCUT2D eigenvalue weighted by Gasteiger charge is -2.07. The van der Waals surface area contributed by atoms with E-state index in [1.165, 1.54) is 43.5 Å². The Balaban J connectivity index is 2.31. The van der Waals surface area contributed by atoms with E-state index in [0.717, 1.165) is 0 Å². The SMILES string of the molecule is COc1cccc(C(=O)Cc2cccc(Cl)c2F)c1F. The predicted octanol–water partition coefficient (Wildman–Crippen LogP) is 4.05. The third-order valence-corrected chi connectivity index (χ3v) is 3.16. The first-order valence-electron chi connectivity index (χ1n) is 5.83. The first-order chi connectivity index (χ1) is 9.54. The quantitative estimate of drug-likeness (QED) is 0.796. The summed E-state index contributed by atoms with van der Waals surface area (Å²) in [5.74, 6) is -1.97. The first kappa shape index (κ1) is 14.5. The highest BCUT2D eigenvalue weighted by Crippen LogP contribution is 2.23. The molecule has 2 rings (SSSR count). The van der Waals surface area contributed by atoms with Crippen LogP contribution in [0.4, 0.5) is 8.78 Å². The van der Waals surface area contributed by atoms with Gasteiger partial charge in [-0.2, -0.15) is 0 Å². The van der Waals surface area contributed by atoms with Crippen molar-refractivity contribution in [2.24, 2.45) is 0 Å². The molecule has 0 radical (unpaired) electrons. The highest BCUT2D eigenvalue weighted by Gasteiger charge is 2.18. The van der Waals surface area contributed by atoms with Crippen molar-refractivity contribution in [3.8, 4) is 5.75 Å². The van der Waals surface area contributed by atoms with Crippen molar-refractivity contribution in [2.45, 2.75) is 6.42 Å². The Morgan fingerprint density at radius 3 is 2.55 bits per heavy atom. The maximum absolute atomic E-state index is 13.9. The summed E-state index contributed by atoms with van der Waals surface area (Å²) in [5, 5.41) is -0.0681. The van der Waals surface area contributed by atoms with Crippen LogP contribution in [0, 0.1) is 11.6 Å². The Hall–Kier alpha value is -1.94. The summed E-state index contributed by atoms with van der Waals surface area (Å²) in [4.78, 5) is 12.1. The summed E-state index contributed by atoms with van der Waals surface area (Å²) in [5.41, 5.74) is -0.00607. The van der Waals surface area contributed by atoms with Crippen LogP contribution in [0.15, 0.2) is 36.4 Å². The molecule has 2 aromatic rings. The molecule has 0 N–H and O–H groups in total. The summed E-state index contributed by atoms with van der Waals surface area (Å²) in [6, 6.07) is 8.61. The number of halogens is 3. The molecule has 0 fully saturated rings. The fraction of sp³-hybridized carbons (Fsp3) is 0.133. The summed E-state index contributed by atoms with van der Waals surface area (Å²) in [6.07, 6.45) is -0.267. The van der Waals surface area contributed by atoms with Gasteiger partial charge in [-0.15, -0.1) is 0 Å². The van der Waals surface area contributed by atoms with Crippen molar-refractivity contribution in [2.75, 3.05) is 7.11 Å². The number of benzene rings is 2. The third-order valence-electron chi connectivity index (χ3n) is 2.87. The minimum absolute atomic E-state index is 0.0255. The zero-order valence-electron chi connectivity index (χ0n) is 10.6. The Bertz CT molecular complexity index is 656. The molecule has 0 aliphatic heterocycles. The number of ketones is 1. The van der Waals surface area contributed by atoms with Gasteiger partial charge in [-0.25, -0.2) is 8.78 Å².